The molecule has 0 spiro atoms. The monoisotopic (exact) mass is 318 g/mol. The van der Waals surface area contributed by atoms with Crippen LogP contribution >= 0.6 is 0 Å². The number of carbonyl (C=O) groups excluding carboxylic acids is 3. The molecule has 2 rings (SSSR count). The smallest absolute Gasteiger partial charge is 0.330 e. The van der Waals surface area contributed by atoms with Crippen molar-refractivity contribution in [2.24, 2.45) is 5.92 Å². The second-order valence-electron chi connectivity index (χ2n) is 6.35. The predicted octanol–water partition coefficient (Wildman–Crippen LogP) is 1.42. The van der Waals surface area contributed by atoms with Gasteiger partial charge in [-0.3, -0.25) is 9.59 Å². The minimum atomic E-state index is -1.12. The van der Waals surface area contributed by atoms with Gasteiger partial charge in [0.2, 0.25) is 11.8 Å². The van der Waals surface area contributed by atoms with E-state index in [9.17, 15) is 14.4 Å². The quantitative estimate of drug-likeness (QED) is 0.852. The number of rotatable bonds is 4. The van der Waals surface area contributed by atoms with Crippen LogP contribution in [0.15, 0.2) is 24.3 Å². The molecule has 1 aliphatic rings. The Morgan fingerprint density at radius 1 is 1.26 bits per heavy atom. The predicted molar refractivity (Wildman–Crippen MR) is 85.9 cm³/mol. The van der Waals surface area contributed by atoms with E-state index >= 15 is 0 Å². The SMILES string of the molecule is COC(=O)C(C)(C)NC(=O)[C@@H]1CC(=O)N(c2ccc(C)cc2)C1. The molecule has 1 saturated heterocycles. The van der Waals surface area contributed by atoms with Gasteiger partial charge in [-0.1, -0.05) is 17.7 Å². The highest BCUT2D eigenvalue weighted by molar-refractivity contribution is 6.01. The van der Waals surface area contributed by atoms with E-state index in [0.717, 1.165) is 11.3 Å². The summed E-state index contributed by atoms with van der Waals surface area (Å²) in [4.78, 5) is 37.8. The molecule has 1 fully saturated rings. The van der Waals surface area contributed by atoms with Crippen LogP contribution in [0.1, 0.15) is 25.8 Å². The van der Waals surface area contributed by atoms with Crippen molar-refractivity contribution in [3.63, 3.8) is 0 Å². The highest BCUT2D eigenvalue weighted by Gasteiger charge is 2.39. The van der Waals surface area contributed by atoms with Crippen LogP contribution in [0.5, 0.6) is 0 Å². The van der Waals surface area contributed by atoms with Gasteiger partial charge in [-0.2, -0.15) is 0 Å². The van der Waals surface area contributed by atoms with E-state index in [1.165, 1.54) is 7.11 Å². The number of esters is 1. The fourth-order valence-corrected chi connectivity index (χ4v) is 2.57. The molecule has 6 nitrogen and oxygen atoms in total. The molecule has 23 heavy (non-hydrogen) atoms. The van der Waals surface area contributed by atoms with Gasteiger partial charge in [0.15, 0.2) is 0 Å². The summed E-state index contributed by atoms with van der Waals surface area (Å²) in [7, 11) is 1.27. The van der Waals surface area contributed by atoms with E-state index < -0.39 is 17.4 Å². The number of amides is 2. The summed E-state index contributed by atoms with van der Waals surface area (Å²) in [5.41, 5.74) is 0.768. The Balaban J connectivity index is 2.06. The molecule has 1 heterocycles. The van der Waals surface area contributed by atoms with Gasteiger partial charge in [0.25, 0.3) is 0 Å². The lowest BCUT2D eigenvalue weighted by molar-refractivity contribution is -0.149. The summed E-state index contributed by atoms with van der Waals surface area (Å²) in [6, 6.07) is 7.59. The van der Waals surface area contributed by atoms with Gasteiger partial charge in [0.05, 0.1) is 13.0 Å². The first kappa shape index (κ1) is 17.0. The van der Waals surface area contributed by atoms with Crippen LogP contribution in [0.3, 0.4) is 0 Å². The normalized spacial score (nSPS) is 18.0. The van der Waals surface area contributed by atoms with Gasteiger partial charge < -0.3 is 15.0 Å². The molecule has 0 aliphatic carbocycles. The van der Waals surface area contributed by atoms with Gasteiger partial charge >= 0.3 is 5.97 Å². The summed E-state index contributed by atoms with van der Waals surface area (Å²) in [5.74, 6) is -1.41. The van der Waals surface area contributed by atoms with Gasteiger partial charge in [-0.15, -0.1) is 0 Å². The number of anilines is 1. The molecule has 6 heteroatoms. The molecule has 0 radical (unpaired) electrons. The molecule has 0 bridgehead atoms. The van der Waals surface area contributed by atoms with Crippen LogP contribution in [0.4, 0.5) is 5.69 Å². The standard InChI is InChI=1S/C17H22N2O4/c1-11-5-7-13(8-6-11)19-10-12(9-14(19)20)15(21)18-17(2,3)16(22)23-4/h5-8,12H,9-10H2,1-4H3,(H,18,21)/t12-/m1/s1. The van der Waals surface area contributed by atoms with Gasteiger partial charge in [-0.25, -0.2) is 4.79 Å². The number of methoxy groups -OCH3 is 1. The third-order valence-electron chi connectivity index (χ3n) is 3.97. The highest BCUT2D eigenvalue weighted by atomic mass is 16.5. The lowest BCUT2D eigenvalue weighted by Gasteiger charge is -2.25. The third-order valence-corrected chi connectivity index (χ3v) is 3.97. The molecule has 0 saturated carbocycles. The Labute approximate surface area is 135 Å². The van der Waals surface area contributed by atoms with E-state index in [0.29, 0.717) is 6.54 Å². The Kier molecular flexibility index (Phi) is 4.73. The fourth-order valence-electron chi connectivity index (χ4n) is 2.57. The lowest BCUT2D eigenvalue weighted by Crippen LogP contribution is -2.52. The number of aryl methyl sites for hydroxylation is 1. The number of nitrogens with zero attached hydrogens (tertiary/aromatic N) is 1. The zero-order valence-corrected chi connectivity index (χ0v) is 13.9. The van der Waals surface area contributed by atoms with E-state index in [2.05, 4.69) is 10.1 Å². The number of carbonyl (C=O) groups is 3. The first-order chi connectivity index (χ1) is 10.7. The van der Waals surface area contributed by atoms with E-state index in [1.54, 1.807) is 18.7 Å². The molecule has 1 N–H and O–H groups in total. The largest absolute Gasteiger partial charge is 0.467 e. The number of ether oxygens (including phenoxy) is 1. The number of hydrogen-bond donors (Lipinski definition) is 1. The first-order valence-electron chi connectivity index (χ1n) is 7.52. The van der Waals surface area contributed by atoms with Crippen LogP contribution in [0, 0.1) is 12.8 Å². The summed E-state index contributed by atoms with van der Waals surface area (Å²) in [5, 5.41) is 2.66. The average Bonchev–Trinajstić information content (AvgIpc) is 2.89. The average molecular weight is 318 g/mol. The van der Waals surface area contributed by atoms with Crippen molar-refractivity contribution in [2.75, 3.05) is 18.6 Å². The van der Waals surface area contributed by atoms with Gasteiger partial charge in [0, 0.05) is 18.7 Å². The van der Waals surface area contributed by atoms with Crippen molar-refractivity contribution >= 4 is 23.5 Å². The molecule has 0 unspecified atom stereocenters. The Morgan fingerprint density at radius 2 is 1.87 bits per heavy atom. The van der Waals surface area contributed by atoms with Crippen LogP contribution in [-0.2, 0) is 19.1 Å². The van der Waals surface area contributed by atoms with Crippen LogP contribution in [0.2, 0.25) is 0 Å². The highest BCUT2D eigenvalue weighted by Crippen LogP contribution is 2.26. The zero-order valence-electron chi connectivity index (χ0n) is 13.9. The van der Waals surface area contributed by atoms with Gasteiger partial charge in [-0.05, 0) is 32.9 Å². The van der Waals surface area contributed by atoms with Crippen molar-refractivity contribution in [2.45, 2.75) is 32.7 Å². The maximum Gasteiger partial charge on any atom is 0.330 e. The fraction of sp³-hybridized carbons (Fsp3) is 0.471. The van der Waals surface area contributed by atoms with Crippen LogP contribution in [-0.4, -0.2) is 37.0 Å². The van der Waals surface area contributed by atoms with E-state index in [-0.39, 0.29) is 18.2 Å². The second kappa shape index (κ2) is 6.40. The minimum absolute atomic E-state index is 0.0927. The molecule has 0 aromatic heterocycles. The van der Waals surface area contributed by atoms with Crippen molar-refractivity contribution in [1.82, 2.24) is 5.32 Å². The Hall–Kier alpha value is -2.37. The number of benzene rings is 1. The maximum absolute atomic E-state index is 12.4. The zero-order chi connectivity index (χ0) is 17.2. The summed E-state index contributed by atoms with van der Waals surface area (Å²) < 4.78 is 4.67. The van der Waals surface area contributed by atoms with Crippen molar-refractivity contribution in [3.8, 4) is 0 Å². The van der Waals surface area contributed by atoms with E-state index in [1.807, 2.05) is 31.2 Å². The maximum atomic E-state index is 12.4. The first-order valence-corrected chi connectivity index (χ1v) is 7.52. The molecule has 1 aliphatic heterocycles. The lowest BCUT2D eigenvalue weighted by atomic mass is 10.0. The Morgan fingerprint density at radius 3 is 2.43 bits per heavy atom. The summed E-state index contributed by atoms with van der Waals surface area (Å²) in [6.45, 7) is 5.43. The number of hydrogen-bond acceptors (Lipinski definition) is 4. The van der Waals surface area contributed by atoms with Crippen molar-refractivity contribution in [3.05, 3.63) is 29.8 Å². The third kappa shape index (κ3) is 3.70. The van der Waals surface area contributed by atoms with Crippen molar-refractivity contribution in [1.29, 1.82) is 0 Å². The summed E-state index contributed by atoms with van der Waals surface area (Å²) in [6.07, 6.45) is 0.136. The molecule has 2 amide bonds. The minimum Gasteiger partial charge on any atom is -0.467 e. The van der Waals surface area contributed by atoms with Crippen LogP contribution in [0.25, 0.3) is 0 Å². The molecular weight excluding hydrogens is 296 g/mol. The summed E-state index contributed by atoms with van der Waals surface area (Å²) >= 11 is 0. The van der Waals surface area contributed by atoms with Gasteiger partial charge in [0.1, 0.15) is 5.54 Å². The molecule has 1 aromatic rings. The molecule has 1 aromatic carbocycles. The molecular formula is C17H22N2O4. The van der Waals surface area contributed by atoms with Crippen LogP contribution < -0.4 is 10.2 Å². The molecule has 124 valence electrons. The topological polar surface area (TPSA) is 75.7 Å². The van der Waals surface area contributed by atoms with Crippen molar-refractivity contribution < 1.29 is 19.1 Å². The number of nitrogens with one attached hydrogen (secondary N) is 1. The van der Waals surface area contributed by atoms with E-state index in [4.69, 9.17) is 0 Å². The second-order valence-corrected chi connectivity index (χ2v) is 6.35. The Bertz CT molecular complexity index is 622. The molecule has 1 atom stereocenters.